The highest BCUT2D eigenvalue weighted by molar-refractivity contribution is 5.57. The molecule has 4 heteroatoms. The van der Waals surface area contributed by atoms with Gasteiger partial charge in [-0.15, -0.1) is 5.10 Å². The van der Waals surface area contributed by atoms with E-state index in [4.69, 9.17) is 0 Å². The fourth-order valence-corrected chi connectivity index (χ4v) is 2.13. The normalized spacial score (nSPS) is 10.7. The number of halogens is 1. The van der Waals surface area contributed by atoms with Gasteiger partial charge in [-0.3, -0.25) is 0 Å². The minimum Gasteiger partial charge on any atom is -0.247 e. The van der Waals surface area contributed by atoms with Gasteiger partial charge in [0, 0.05) is 5.56 Å². The lowest BCUT2D eigenvalue weighted by molar-refractivity contribution is 0.628. The second kappa shape index (κ2) is 5.25. The van der Waals surface area contributed by atoms with Gasteiger partial charge in [-0.05, 0) is 36.8 Å². The Kier molecular flexibility index (Phi) is 3.29. The van der Waals surface area contributed by atoms with Crippen LogP contribution >= 0.6 is 0 Å². The third-order valence-electron chi connectivity index (χ3n) is 3.11. The van der Waals surface area contributed by atoms with Crippen molar-refractivity contribution in [2.24, 2.45) is 0 Å². The maximum Gasteiger partial charge on any atom is 0.123 e. The summed E-state index contributed by atoms with van der Waals surface area (Å²) >= 11 is 0. The highest BCUT2D eigenvalue weighted by Gasteiger charge is 2.04. The predicted molar refractivity (Wildman–Crippen MR) is 75.7 cm³/mol. The highest BCUT2D eigenvalue weighted by atomic mass is 19.1. The molecule has 0 fully saturated rings. The molecular weight excluding hydrogens is 253 g/mol. The van der Waals surface area contributed by atoms with E-state index < -0.39 is 0 Å². The van der Waals surface area contributed by atoms with Gasteiger partial charge in [0.05, 0.1) is 12.7 Å². The number of rotatable bonds is 3. The molecule has 0 saturated heterocycles. The lowest BCUT2D eigenvalue weighted by Gasteiger charge is -2.01. The quantitative estimate of drug-likeness (QED) is 0.727. The van der Waals surface area contributed by atoms with Gasteiger partial charge in [0.2, 0.25) is 0 Å². The van der Waals surface area contributed by atoms with Crippen LogP contribution in [0.25, 0.3) is 11.3 Å². The zero-order valence-electron chi connectivity index (χ0n) is 11.1. The van der Waals surface area contributed by atoms with Crippen molar-refractivity contribution in [3.8, 4) is 11.3 Å². The summed E-state index contributed by atoms with van der Waals surface area (Å²) in [7, 11) is 0. The van der Waals surface area contributed by atoms with Gasteiger partial charge in [-0.25, -0.2) is 9.07 Å². The Balaban J connectivity index is 1.82. The van der Waals surface area contributed by atoms with Gasteiger partial charge in [0.1, 0.15) is 11.5 Å². The van der Waals surface area contributed by atoms with Gasteiger partial charge in [0.25, 0.3) is 0 Å². The van der Waals surface area contributed by atoms with E-state index in [-0.39, 0.29) is 5.82 Å². The Labute approximate surface area is 116 Å². The van der Waals surface area contributed by atoms with Crippen LogP contribution in [0.4, 0.5) is 4.39 Å². The number of aryl methyl sites for hydroxylation is 1. The van der Waals surface area contributed by atoms with E-state index in [0.717, 1.165) is 11.3 Å². The first-order valence-corrected chi connectivity index (χ1v) is 6.42. The Morgan fingerprint density at radius 2 is 1.90 bits per heavy atom. The van der Waals surface area contributed by atoms with Crippen LogP contribution in [0.3, 0.4) is 0 Å². The molecule has 3 nitrogen and oxygen atoms in total. The largest absolute Gasteiger partial charge is 0.247 e. The molecule has 0 aliphatic carbocycles. The van der Waals surface area contributed by atoms with Crippen molar-refractivity contribution >= 4 is 0 Å². The second-order valence-corrected chi connectivity index (χ2v) is 4.80. The molecule has 0 aliphatic rings. The molecule has 0 unspecified atom stereocenters. The fraction of sp³-hybridized carbons (Fsp3) is 0.125. The zero-order valence-corrected chi connectivity index (χ0v) is 11.1. The summed E-state index contributed by atoms with van der Waals surface area (Å²) in [5, 5.41) is 8.24. The summed E-state index contributed by atoms with van der Waals surface area (Å²) < 4.78 is 14.7. The Hall–Kier alpha value is -2.49. The van der Waals surface area contributed by atoms with E-state index in [9.17, 15) is 4.39 Å². The van der Waals surface area contributed by atoms with Crippen molar-refractivity contribution in [3.05, 3.63) is 71.7 Å². The van der Waals surface area contributed by atoms with Crippen LogP contribution in [0.1, 0.15) is 11.1 Å². The van der Waals surface area contributed by atoms with Crippen molar-refractivity contribution in [2.45, 2.75) is 13.5 Å². The smallest absolute Gasteiger partial charge is 0.123 e. The van der Waals surface area contributed by atoms with Crippen molar-refractivity contribution in [3.63, 3.8) is 0 Å². The van der Waals surface area contributed by atoms with E-state index in [1.165, 1.54) is 23.3 Å². The summed E-state index contributed by atoms with van der Waals surface area (Å²) in [6.45, 7) is 2.74. The van der Waals surface area contributed by atoms with Gasteiger partial charge in [-0.2, -0.15) is 0 Å². The topological polar surface area (TPSA) is 30.7 Å². The molecule has 20 heavy (non-hydrogen) atoms. The van der Waals surface area contributed by atoms with Gasteiger partial charge >= 0.3 is 0 Å². The van der Waals surface area contributed by atoms with Crippen molar-refractivity contribution in [1.29, 1.82) is 0 Å². The molecule has 1 aromatic heterocycles. The van der Waals surface area contributed by atoms with Crippen molar-refractivity contribution < 1.29 is 4.39 Å². The van der Waals surface area contributed by atoms with Gasteiger partial charge in [0.15, 0.2) is 0 Å². The molecular formula is C16H14FN3. The minimum atomic E-state index is -0.249. The molecule has 3 rings (SSSR count). The maximum atomic E-state index is 12.9. The highest BCUT2D eigenvalue weighted by Crippen LogP contribution is 2.16. The Bertz CT molecular complexity index is 717. The van der Waals surface area contributed by atoms with Crippen LogP contribution in [-0.4, -0.2) is 15.0 Å². The van der Waals surface area contributed by atoms with E-state index in [1.807, 2.05) is 12.3 Å². The summed E-state index contributed by atoms with van der Waals surface area (Å²) in [6.07, 6.45) is 1.87. The predicted octanol–water partition coefficient (Wildman–Crippen LogP) is 3.44. The molecule has 3 aromatic rings. The molecule has 1 heterocycles. The Morgan fingerprint density at radius 3 is 2.65 bits per heavy atom. The van der Waals surface area contributed by atoms with E-state index in [1.54, 1.807) is 16.8 Å². The monoisotopic (exact) mass is 267 g/mol. The molecule has 0 aliphatic heterocycles. The molecule has 100 valence electrons. The van der Waals surface area contributed by atoms with Crippen LogP contribution in [-0.2, 0) is 6.54 Å². The average Bonchev–Trinajstić information content (AvgIpc) is 2.88. The van der Waals surface area contributed by atoms with Crippen LogP contribution in [0.15, 0.2) is 54.7 Å². The molecule has 0 saturated carbocycles. The van der Waals surface area contributed by atoms with Crippen LogP contribution in [0.2, 0.25) is 0 Å². The number of hydrogen-bond donors (Lipinski definition) is 0. The molecule has 0 radical (unpaired) electrons. The first kappa shape index (κ1) is 12.5. The molecule has 0 spiro atoms. The minimum absolute atomic E-state index is 0.249. The number of aromatic nitrogens is 3. The van der Waals surface area contributed by atoms with Crippen LogP contribution < -0.4 is 0 Å². The first-order chi connectivity index (χ1) is 9.70. The summed E-state index contributed by atoms with van der Waals surface area (Å²) in [4.78, 5) is 0. The SMILES string of the molecule is Cc1cccc(Cn2cc(-c3ccc(F)cc3)nn2)c1. The summed E-state index contributed by atoms with van der Waals surface area (Å²) in [5.74, 6) is -0.249. The van der Waals surface area contributed by atoms with Gasteiger partial charge in [-0.1, -0.05) is 35.0 Å². The summed E-state index contributed by atoms with van der Waals surface area (Å²) in [6, 6.07) is 14.5. The average molecular weight is 267 g/mol. The molecule has 0 N–H and O–H groups in total. The molecule has 0 amide bonds. The number of benzene rings is 2. The van der Waals surface area contributed by atoms with Crippen molar-refractivity contribution in [2.75, 3.05) is 0 Å². The number of nitrogens with zero attached hydrogens (tertiary/aromatic N) is 3. The fourth-order valence-electron chi connectivity index (χ4n) is 2.13. The third kappa shape index (κ3) is 2.74. The Morgan fingerprint density at radius 1 is 1.10 bits per heavy atom. The lowest BCUT2D eigenvalue weighted by atomic mass is 10.1. The lowest BCUT2D eigenvalue weighted by Crippen LogP contribution is -2.00. The molecule has 0 atom stereocenters. The third-order valence-corrected chi connectivity index (χ3v) is 3.11. The zero-order chi connectivity index (χ0) is 13.9. The van der Waals surface area contributed by atoms with Crippen molar-refractivity contribution in [1.82, 2.24) is 15.0 Å². The second-order valence-electron chi connectivity index (χ2n) is 4.80. The van der Waals surface area contributed by atoms with Crippen LogP contribution in [0, 0.1) is 12.7 Å². The molecule has 0 bridgehead atoms. The van der Waals surface area contributed by atoms with Gasteiger partial charge < -0.3 is 0 Å². The first-order valence-electron chi connectivity index (χ1n) is 6.42. The standard InChI is InChI=1S/C16H14FN3/c1-12-3-2-4-13(9-12)10-20-11-16(18-19-20)14-5-7-15(17)8-6-14/h2-9,11H,10H2,1H3. The number of hydrogen-bond acceptors (Lipinski definition) is 2. The van der Waals surface area contributed by atoms with E-state index in [2.05, 4.69) is 35.4 Å². The van der Waals surface area contributed by atoms with Crippen LogP contribution in [0.5, 0.6) is 0 Å². The molecule has 2 aromatic carbocycles. The van der Waals surface area contributed by atoms with E-state index in [0.29, 0.717) is 6.54 Å². The van der Waals surface area contributed by atoms with E-state index >= 15 is 0 Å². The maximum absolute atomic E-state index is 12.9. The summed E-state index contributed by atoms with van der Waals surface area (Å²) in [5.41, 5.74) is 4.02.